The molecule has 1 aliphatic rings. The van der Waals surface area contributed by atoms with Crippen molar-refractivity contribution in [2.45, 2.75) is 0 Å². The molecular weight excluding hydrogens is 591 g/mol. The number of halogens is 2. The van der Waals surface area contributed by atoms with Crippen molar-refractivity contribution in [1.29, 1.82) is 0 Å². The second-order valence-corrected chi connectivity index (χ2v) is 11.0. The van der Waals surface area contributed by atoms with Crippen LogP contribution in [0.4, 0.5) is 26.7 Å². The largest absolute Gasteiger partial charge is 0.369 e. The van der Waals surface area contributed by atoms with Gasteiger partial charge in [-0.3, -0.25) is 5.10 Å². The Morgan fingerprint density at radius 1 is 0.953 bits per heavy atom. The number of nitrogens with two attached hydrogens (primary N) is 1. The monoisotopic (exact) mass is 618 g/mol. The Bertz CT molecular complexity index is 1790. The van der Waals surface area contributed by atoms with Crippen LogP contribution in [0.25, 0.3) is 33.8 Å². The Balaban J connectivity index is 1.15. The maximum atomic E-state index is 13.0. The maximum Gasteiger partial charge on any atom is 0.345 e. The van der Waals surface area contributed by atoms with E-state index in [0.717, 1.165) is 53.5 Å². The number of carbonyl (C=O) groups excluding carboxylic acids is 2. The average molecular weight is 620 g/mol. The molecular formula is C29H28Cl2N10O2. The van der Waals surface area contributed by atoms with Crippen molar-refractivity contribution < 1.29 is 9.59 Å². The number of imidazole rings is 1. The molecule has 0 saturated carbocycles. The van der Waals surface area contributed by atoms with Gasteiger partial charge in [-0.2, -0.15) is 5.10 Å². The second-order valence-electron chi connectivity index (χ2n) is 10.2. The smallest absolute Gasteiger partial charge is 0.345 e. The number of hydrazine groups is 1. The quantitative estimate of drug-likeness (QED) is 0.169. The second kappa shape index (κ2) is 11.8. The zero-order valence-electron chi connectivity index (χ0n) is 23.1. The third-order valence-corrected chi connectivity index (χ3v) is 7.93. The topological polar surface area (TPSA) is 151 Å². The number of benzene rings is 3. The summed E-state index contributed by atoms with van der Waals surface area (Å²) >= 11 is 12.1. The van der Waals surface area contributed by atoms with E-state index in [1.165, 1.54) is 23.9 Å². The number of nitrogens with zero attached hydrogens (tertiary/aromatic N) is 5. The third-order valence-electron chi connectivity index (χ3n) is 7.19. The van der Waals surface area contributed by atoms with E-state index in [-0.39, 0.29) is 10.7 Å². The number of hydrogen-bond donors (Lipinski definition) is 5. The number of amides is 4. The third kappa shape index (κ3) is 6.21. The van der Waals surface area contributed by atoms with Gasteiger partial charge in [-0.05, 0) is 67.2 Å². The average Bonchev–Trinajstić information content (AvgIpc) is 3.65. The van der Waals surface area contributed by atoms with Crippen LogP contribution in [0.3, 0.4) is 0 Å². The van der Waals surface area contributed by atoms with Gasteiger partial charge in [-0.15, -0.1) is 0 Å². The molecule has 220 valence electrons. The van der Waals surface area contributed by atoms with Gasteiger partial charge in [0.05, 0.1) is 32.5 Å². The number of H-pyrrole nitrogens is 2. The summed E-state index contributed by atoms with van der Waals surface area (Å²) in [4.78, 5) is 37.4. The molecule has 14 heteroatoms. The molecule has 5 aromatic rings. The fourth-order valence-electron chi connectivity index (χ4n) is 4.85. The number of aromatic nitrogens is 4. The number of aromatic amines is 2. The van der Waals surface area contributed by atoms with Crippen molar-refractivity contribution >= 4 is 63.4 Å². The molecule has 0 unspecified atom stereocenters. The molecule has 12 nitrogen and oxygen atoms in total. The first-order valence-electron chi connectivity index (χ1n) is 13.5. The Morgan fingerprint density at radius 2 is 1.72 bits per heavy atom. The Kier molecular flexibility index (Phi) is 7.80. The van der Waals surface area contributed by atoms with Crippen LogP contribution < -0.4 is 26.4 Å². The lowest BCUT2D eigenvalue weighted by Gasteiger charge is -2.34. The highest BCUT2D eigenvalue weighted by atomic mass is 35.5. The number of piperazine rings is 1. The van der Waals surface area contributed by atoms with Crippen molar-refractivity contribution in [1.82, 2.24) is 30.5 Å². The van der Waals surface area contributed by atoms with Gasteiger partial charge < -0.3 is 25.8 Å². The van der Waals surface area contributed by atoms with E-state index in [0.29, 0.717) is 22.2 Å². The summed E-state index contributed by atoms with van der Waals surface area (Å²) in [5.74, 6) is 0.668. The van der Waals surface area contributed by atoms with E-state index in [1.54, 1.807) is 12.1 Å². The number of carbonyl (C=O) groups is 2. The van der Waals surface area contributed by atoms with Gasteiger partial charge >= 0.3 is 12.1 Å². The van der Waals surface area contributed by atoms with E-state index in [2.05, 4.69) is 61.0 Å². The van der Waals surface area contributed by atoms with Crippen LogP contribution in [0.5, 0.6) is 0 Å². The van der Waals surface area contributed by atoms with Gasteiger partial charge in [0, 0.05) is 37.6 Å². The van der Waals surface area contributed by atoms with Crippen molar-refractivity contribution in [3.05, 3.63) is 76.8 Å². The number of anilines is 3. The number of nitrogens with one attached hydrogen (secondary N) is 4. The number of likely N-dealkylation sites (N-methyl/N-ethyl adjacent to an activating group) is 1. The first kappa shape index (κ1) is 28.3. The number of rotatable bonds is 5. The zero-order chi connectivity index (χ0) is 30.1. The lowest BCUT2D eigenvalue weighted by atomic mass is 10.1. The first-order chi connectivity index (χ1) is 20.7. The summed E-state index contributed by atoms with van der Waals surface area (Å²) < 4.78 is 0. The van der Waals surface area contributed by atoms with E-state index >= 15 is 0 Å². The first-order valence-corrected chi connectivity index (χ1v) is 14.2. The number of primary amides is 1. The van der Waals surface area contributed by atoms with Crippen molar-refractivity contribution in [2.75, 3.05) is 48.5 Å². The molecule has 6 rings (SSSR count). The van der Waals surface area contributed by atoms with Crippen LogP contribution in [-0.4, -0.2) is 70.4 Å². The van der Waals surface area contributed by atoms with E-state index in [9.17, 15) is 9.59 Å². The Hall–Kier alpha value is -4.78. The molecule has 0 atom stereocenters. The summed E-state index contributed by atoms with van der Waals surface area (Å²) in [5.41, 5.74) is 13.6. The van der Waals surface area contributed by atoms with Crippen LogP contribution in [0.1, 0.15) is 0 Å². The molecule has 0 radical (unpaired) electrons. The van der Waals surface area contributed by atoms with Crippen molar-refractivity contribution in [3.8, 4) is 22.8 Å². The number of hydrogen-bond acceptors (Lipinski definition) is 6. The van der Waals surface area contributed by atoms with Crippen LogP contribution in [-0.2, 0) is 0 Å². The summed E-state index contributed by atoms with van der Waals surface area (Å²) in [6.07, 6.45) is 0. The summed E-state index contributed by atoms with van der Waals surface area (Å²) in [6.45, 7) is 4.06. The van der Waals surface area contributed by atoms with Gasteiger partial charge in [-0.1, -0.05) is 35.3 Å². The summed E-state index contributed by atoms with van der Waals surface area (Å²) in [7, 11) is 2.14. The van der Waals surface area contributed by atoms with Crippen LogP contribution >= 0.6 is 23.2 Å². The van der Waals surface area contributed by atoms with Gasteiger partial charge in [0.1, 0.15) is 5.69 Å². The molecule has 43 heavy (non-hydrogen) atoms. The van der Waals surface area contributed by atoms with E-state index in [1.807, 2.05) is 18.2 Å². The highest BCUT2D eigenvalue weighted by Gasteiger charge is 2.20. The highest BCUT2D eigenvalue weighted by Crippen LogP contribution is 2.29. The highest BCUT2D eigenvalue weighted by molar-refractivity contribution is 6.42. The Labute approximate surface area is 256 Å². The normalized spacial score (nSPS) is 13.7. The number of urea groups is 2. The van der Waals surface area contributed by atoms with Crippen LogP contribution in [0.15, 0.2) is 66.7 Å². The fraction of sp³-hybridized carbons (Fsp3) is 0.172. The molecule has 0 aliphatic carbocycles. The predicted octanol–water partition coefficient (Wildman–Crippen LogP) is 5.30. The zero-order valence-corrected chi connectivity index (χ0v) is 24.6. The van der Waals surface area contributed by atoms with Crippen LogP contribution in [0, 0.1) is 0 Å². The Morgan fingerprint density at radius 3 is 2.44 bits per heavy atom. The summed E-state index contributed by atoms with van der Waals surface area (Å²) in [5, 5.41) is 11.7. The molecule has 2 aromatic heterocycles. The maximum absolute atomic E-state index is 13.0. The lowest BCUT2D eigenvalue weighted by Crippen LogP contribution is -2.50. The number of fused-ring (bicyclic) bond motifs is 1. The molecule has 0 spiro atoms. The van der Waals surface area contributed by atoms with Gasteiger partial charge in [0.25, 0.3) is 0 Å². The minimum absolute atomic E-state index is 0.213. The molecule has 1 fully saturated rings. The molecule has 1 aliphatic heterocycles. The minimum Gasteiger partial charge on any atom is -0.369 e. The van der Waals surface area contributed by atoms with Gasteiger partial charge in [0.2, 0.25) is 0 Å². The molecule has 6 N–H and O–H groups in total. The van der Waals surface area contributed by atoms with Gasteiger partial charge in [0.15, 0.2) is 5.82 Å². The molecule has 1 saturated heterocycles. The minimum atomic E-state index is -0.924. The van der Waals surface area contributed by atoms with E-state index in [4.69, 9.17) is 33.9 Å². The SMILES string of the molecule is CN1CCN(c2ccc3[nH]c(-c4cc(-c5ccc(NC(=O)N(NC(N)=O)c6ccc(Cl)c(Cl)c6)cc5)[nH]n4)nc3c2)CC1. The lowest BCUT2D eigenvalue weighted by molar-refractivity contribution is 0.241. The predicted molar refractivity (Wildman–Crippen MR) is 170 cm³/mol. The molecule has 0 bridgehead atoms. The van der Waals surface area contributed by atoms with E-state index < -0.39 is 12.1 Å². The van der Waals surface area contributed by atoms with Crippen LogP contribution in [0.2, 0.25) is 10.0 Å². The van der Waals surface area contributed by atoms with Crippen molar-refractivity contribution in [3.63, 3.8) is 0 Å². The molecule has 3 aromatic carbocycles. The fourth-order valence-corrected chi connectivity index (χ4v) is 5.14. The summed E-state index contributed by atoms with van der Waals surface area (Å²) in [6, 6.07) is 18.2. The van der Waals surface area contributed by atoms with Crippen molar-refractivity contribution in [2.24, 2.45) is 5.73 Å². The van der Waals surface area contributed by atoms with Gasteiger partial charge in [-0.25, -0.2) is 25.0 Å². The molecule has 4 amide bonds. The standard InChI is InChI=1S/C29H28Cl2N10O2/c1-39-10-12-40(13-11-39)19-7-9-23-25(15-19)35-27(34-23)26-16-24(36-37-26)17-2-4-18(5-3-17)33-29(43)41(38-28(32)42)20-6-8-21(30)22(31)14-20/h2-9,14-16H,10-13H2,1H3,(H,33,43)(H,34,35)(H,36,37)(H3,32,38,42). The molecule has 3 heterocycles.